The van der Waals surface area contributed by atoms with Gasteiger partial charge in [0.2, 0.25) is 0 Å². The number of methoxy groups -OCH3 is 1. The zero-order chi connectivity index (χ0) is 28.1. The predicted molar refractivity (Wildman–Crippen MR) is 161 cm³/mol. The first kappa shape index (κ1) is 28.9. The van der Waals surface area contributed by atoms with Gasteiger partial charge in [-0.2, -0.15) is 9.78 Å². The quantitative estimate of drug-likeness (QED) is 0.0959. The highest BCUT2D eigenvalue weighted by molar-refractivity contribution is 9.13. The van der Waals surface area contributed by atoms with Gasteiger partial charge < -0.3 is 9.47 Å². The minimum absolute atomic E-state index is 0.00935. The third kappa shape index (κ3) is 6.56. The van der Waals surface area contributed by atoms with Gasteiger partial charge in [0.25, 0.3) is 11.2 Å². The van der Waals surface area contributed by atoms with Crippen molar-refractivity contribution >= 4 is 70.6 Å². The second-order valence-corrected chi connectivity index (χ2v) is 11.0. The summed E-state index contributed by atoms with van der Waals surface area (Å²) in [5.41, 5.74) is 1.78. The van der Waals surface area contributed by atoms with Crippen molar-refractivity contribution in [2.24, 2.45) is 5.10 Å². The van der Waals surface area contributed by atoms with Crippen LogP contribution >= 0.6 is 47.8 Å². The van der Waals surface area contributed by atoms with Crippen LogP contribution < -0.4 is 15.0 Å². The first-order chi connectivity index (χ1) is 18.7. The van der Waals surface area contributed by atoms with Crippen LogP contribution in [0.2, 0.25) is 0 Å². The van der Waals surface area contributed by atoms with Gasteiger partial charge in [-0.05, 0) is 80.2 Å². The highest BCUT2D eigenvalue weighted by atomic mass is 79.9. The first-order valence-electron chi connectivity index (χ1n) is 11.9. The van der Waals surface area contributed by atoms with Crippen LogP contribution in [0.25, 0.3) is 10.9 Å². The maximum atomic E-state index is 13.4. The molecule has 0 aliphatic rings. The summed E-state index contributed by atoms with van der Waals surface area (Å²) in [6, 6.07) is 13.3. The minimum Gasteiger partial charge on any atom is -0.493 e. The molecular weight excluding hydrogens is 700 g/mol. The lowest BCUT2D eigenvalue weighted by atomic mass is 10.2. The summed E-state index contributed by atoms with van der Waals surface area (Å²) in [6.07, 6.45) is 4.00. The van der Waals surface area contributed by atoms with Crippen LogP contribution in [-0.4, -0.2) is 27.9 Å². The van der Waals surface area contributed by atoms with E-state index in [2.05, 4.69) is 59.8 Å². The van der Waals surface area contributed by atoms with E-state index in [9.17, 15) is 14.9 Å². The van der Waals surface area contributed by atoms with E-state index in [1.54, 1.807) is 30.5 Å². The molecule has 0 atom stereocenters. The van der Waals surface area contributed by atoms with E-state index in [0.29, 0.717) is 49.2 Å². The summed E-state index contributed by atoms with van der Waals surface area (Å²) in [4.78, 5) is 28.5. The molecular formula is C27H23Br3N4O5. The summed E-state index contributed by atoms with van der Waals surface area (Å²) < 4.78 is 14.9. The molecule has 0 saturated carbocycles. The number of halogens is 3. The van der Waals surface area contributed by atoms with Crippen LogP contribution in [0, 0.1) is 10.1 Å². The molecule has 0 radical (unpaired) electrons. The fourth-order valence-electron chi connectivity index (χ4n) is 3.78. The lowest BCUT2D eigenvalue weighted by molar-refractivity contribution is -0.384. The fraction of sp³-hybridized carbons (Fsp3) is 0.222. The van der Waals surface area contributed by atoms with Gasteiger partial charge in [0.1, 0.15) is 12.4 Å². The number of hydrogen-bond donors (Lipinski definition) is 0. The lowest BCUT2D eigenvalue weighted by Crippen LogP contribution is -2.22. The van der Waals surface area contributed by atoms with Crippen molar-refractivity contribution < 1.29 is 14.4 Å². The number of unbranched alkanes of at least 4 members (excludes halogenated alkanes) is 1. The van der Waals surface area contributed by atoms with E-state index in [-0.39, 0.29) is 17.9 Å². The van der Waals surface area contributed by atoms with Crippen molar-refractivity contribution in [1.82, 2.24) is 9.66 Å². The van der Waals surface area contributed by atoms with Gasteiger partial charge in [0.05, 0.1) is 33.6 Å². The molecule has 12 heteroatoms. The Morgan fingerprint density at radius 3 is 2.51 bits per heavy atom. The zero-order valence-corrected chi connectivity index (χ0v) is 25.7. The predicted octanol–water partition coefficient (Wildman–Crippen LogP) is 7.40. The molecule has 4 rings (SSSR count). The Morgan fingerprint density at radius 1 is 1.10 bits per heavy atom. The molecule has 0 spiro atoms. The first-order valence-corrected chi connectivity index (χ1v) is 14.3. The van der Waals surface area contributed by atoms with E-state index in [0.717, 1.165) is 22.9 Å². The topological polar surface area (TPSA) is 109 Å². The van der Waals surface area contributed by atoms with E-state index in [1.165, 1.54) is 23.9 Å². The monoisotopic (exact) mass is 720 g/mol. The minimum atomic E-state index is -0.449. The summed E-state index contributed by atoms with van der Waals surface area (Å²) >= 11 is 10.6. The third-order valence-corrected chi connectivity index (χ3v) is 8.48. The highest BCUT2D eigenvalue weighted by Crippen LogP contribution is 2.42. The molecule has 0 aliphatic heterocycles. The van der Waals surface area contributed by atoms with Gasteiger partial charge >= 0.3 is 0 Å². The summed E-state index contributed by atoms with van der Waals surface area (Å²) in [5.74, 6) is 1.46. The third-order valence-electron chi connectivity index (χ3n) is 5.85. The summed E-state index contributed by atoms with van der Waals surface area (Å²) in [7, 11) is 1.52. The number of benzene rings is 3. The van der Waals surface area contributed by atoms with Gasteiger partial charge in [-0.3, -0.25) is 14.9 Å². The highest BCUT2D eigenvalue weighted by Gasteiger charge is 2.18. The maximum Gasteiger partial charge on any atom is 0.282 e. The number of non-ortho nitro benzene ring substituents is 1. The number of nitro groups is 1. The maximum absolute atomic E-state index is 13.4. The van der Waals surface area contributed by atoms with Crippen LogP contribution in [-0.2, 0) is 13.0 Å². The van der Waals surface area contributed by atoms with Gasteiger partial charge in [-0.25, -0.2) is 4.98 Å². The van der Waals surface area contributed by atoms with Crippen molar-refractivity contribution in [3.63, 3.8) is 0 Å². The SMILES string of the molecule is CCCCc1nc2ccc(Br)cc2c(=O)n1N=Cc1cc(OC)c(OCc2ccc([N+](=O)[O-])cc2)c(Br)c1Br. The Labute approximate surface area is 249 Å². The van der Waals surface area contributed by atoms with Gasteiger partial charge in [0.15, 0.2) is 11.5 Å². The molecule has 9 nitrogen and oxygen atoms in total. The molecule has 202 valence electrons. The number of aromatic nitrogens is 2. The lowest BCUT2D eigenvalue weighted by Gasteiger charge is -2.15. The van der Waals surface area contributed by atoms with Crippen LogP contribution in [0.4, 0.5) is 5.69 Å². The Bertz CT molecular complexity index is 1620. The van der Waals surface area contributed by atoms with Gasteiger partial charge in [-0.15, -0.1) is 0 Å². The zero-order valence-electron chi connectivity index (χ0n) is 21.0. The molecule has 4 aromatic rings. The number of nitro benzene ring substituents is 1. The molecule has 39 heavy (non-hydrogen) atoms. The van der Waals surface area contributed by atoms with E-state index in [4.69, 9.17) is 14.5 Å². The Hall–Kier alpha value is -3.09. The molecule has 0 unspecified atom stereocenters. The van der Waals surface area contributed by atoms with Crippen LogP contribution in [0.15, 0.2) is 71.8 Å². The number of nitrogens with zero attached hydrogens (tertiary/aromatic N) is 4. The van der Waals surface area contributed by atoms with Crippen molar-refractivity contribution in [1.29, 1.82) is 0 Å². The van der Waals surface area contributed by atoms with Crippen molar-refractivity contribution in [3.05, 3.63) is 99.4 Å². The number of rotatable bonds is 10. The molecule has 3 aromatic carbocycles. The second kappa shape index (κ2) is 12.8. The Balaban J connectivity index is 1.68. The molecule has 0 N–H and O–H groups in total. The van der Waals surface area contributed by atoms with E-state index < -0.39 is 4.92 Å². The smallest absolute Gasteiger partial charge is 0.282 e. The molecule has 1 heterocycles. The standard InChI is InChI=1S/C27H23Br3N4O5/c1-3-4-5-23-32-21-11-8-18(28)13-20(21)27(35)33(23)31-14-17-12-22(38-2)26(25(30)24(17)29)39-15-16-6-9-19(10-7-16)34(36)37/h6-14H,3-5,15H2,1-2H3. The molecule has 0 aliphatic carbocycles. The van der Waals surface area contributed by atoms with Crippen molar-refractivity contribution in [2.75, 3.05) is 7.11 Å². The largest absolute Gasteiger partial charge is 0.493 e. The molecule has 0 amide bonds. The number of fused-ring (bicyclic) bond motifs is 1. The number of ether oxygens (including phenoxy) is 2. The average molecular weight is 723 g/mol. The summed E-state index contributed by atoms with van der Waals surface area (Å²) in [6.45, 7) is 2.25. The van der Waals surface area contributed by atoms with Crippen LogP contribution in [0.1, 0.15) is 36.7 Å². The number of hydrogen-bond acceptors (Lipinski definition) is 7. The van der Waals surface area contributed by atoms with Crippen molar-refractivity contribution in [3.8, 4) is 11.5 Å². The van der Waals surface area contributed by atoms with Gasteiger partial charge in [0, 0.05) is 33.1 Å². The van der Waals surface area contributed by atoms with Gasteiger partial charge in [-0.1, -0.05) is 29.3 Å². The molecule has 0 saturated heterocycles. The Kier molecular flexibility index (Phi) is 9.52. The molecule has 1 aromatic heterocycles. The van der Waals surface area contributed by atoms with Crippen LogP contribution in [0.3, 0.4) is 0 Å². The van der Waals surface area contributed by atoms with Crippen LogP contribution in [0.5, 0.6) is 11.5 Å². The molecule has 0 bridgehead atoms. The summed E-state index contributed by atoms with van der Waals surface area (Å²) in [5, 5.41) is 15.9. The Morgan fingerprint density at radius 2 is 1.85 bits per heavy atom. The van der Waals surface area contributed by atoms with E-state index in [1.807, 2.05) is 12.1 Å². The van der Waals surface area contributed by atoms with E-state index >= 15 is 0 Å². The van der Waals surface area contributed by atoms with Crippen molar-refractivity contribution in [2.45, 2.75) is 32.8 Å². The average Bonchev–Trinajstić information content (AvgIpc) is 2.93. The number of aryl methyl sites for hydroxylation is 1. The second-order valence-electron chi connectivity index (χ2n) is 8.49. The molecule has 0 fully saturated rings. The normalized spacial score (nSPS) is 11.3. The fourth-order valence-corrected chi connectivity index (χ4v) is 5.08.